The smallest absolute Gasteiger partial charge is 0.228 e. The maximum absolute atomic E-state index is 12.5. The Morgan fingerprint density at radius 2 is 2.00 bits per heavy atom. The van der Waals surface area contributed by atoms with Gasteiger partial charge in [0.15, 0.2) is 0 Å². The van der Waals surface area contributed by atoms with Gasteiger partial charge in [-0.05, 0) is 43.0 Å². The lowest BCUT2D eigenvalue weighted by molar-refractivity contribution is -0.129. The van der Waals surface area contributed by atoms with E-state index in [4.69, 9.17) is 16.3 Å². The third-order valence-electron chi connectivity index (χ3n) is 4.79. The number of likely N-dealkylation sites (N-methyl/N-ethyl adjacent to an activating group) is 1. The number of ether oxygens (including phenoxy) is 1. The molecule has 140 valence electrons. The van der Waals surface area contributed by atoms with Gasteiger partial charge in [-0.3, -0.25) is 4.79 Å². The predicted molar refractivity (Wildman–Crippen MR) is 106 cm³/mol. The van der Waals surface area contributed by atoms with Crippen molar-refractivity contribution in [2.75, 3.05) is 13.6 Å². The highest BCUT2D eigenvalue weighted by Crippen LogP contribution is 2.24. The van der Waals surface area contributed by atoms with Crippen molar-refractivity contribution in [1.82, 2.24) is 9.88 Å². The third-order valence-corrected chi connectivity index (χ3v) is 5.91. The summed E-state index contributed by atoms with van der Waals surface area (Å²) in [6.45, 7) is 1.27. The zero-order valence-corrected chi connectivity index (χ0v) is 16.7. The minimum Gasteiger partial charge on any atom is -0.486 e. The van der Waals surface area contributed by atoms with Crippen molar-refractivity contribution in [1.29, 1.82) is 0 Å². The summed E-state index contributed by atoms with van der Waals surface area (Å²) in [5.41, 5.74) is 0.824. The number of amides is 1. The van der Waals surface area contributed by atoms with Gasteiger partial charge in [0.25, 0.3) is 0 Å². The van der Waals surface area contributed by atoms with Crippen LogP contribution >= 0.6 is 22.9 Å². The Bertz CT molecular complexity index is 711. The van der Waals surface area contributed by atoms with Crippen LogP contribution in [0.25, 0.3) is 0 Å². The Balaban J connectivity index is 1.46. The zero-order chi connectivity index (χ0) is 18.4. The van der Waals surface area contributed by atoms with Crippen molar-refractivity contribution >= 4 is 28.8 Å². The van der Waals surface area contributed by atoms with Crippen molar-refractivity contribution in [3.8, 4) is 5.75 Å². The summed E-state index contributed by atoms with van der Waals surface area (Å²) in [6, 6.07) is 7.26. The average molecular weight is 393 g/mol. The molecule has 0 radical (unpaired) electrons. The molecular formula is C20H25ClN2O2S. The quantitative estimate of drug-likeness (QED) is 0.669. The minimum atomic E-state index is 0.144. The summed E-state index contributed by atoms with van der Waals surface area (Å²) in [5, 5.41) is 3.51. The van der Waals surface area contributed by atoms with Crippen LogP contribution in [0.2, 0.25) is 5.02 Å². The highest BCUT2D eigenvalue weighted by Gasteiger charge is 2.19. The van der Waals surface area contributed by atoms with Gasteiger partial charge in [-0.1, -0.05) is 30.9 Å². The Morgan fingerprint density at radius 3 is 2.73 bits per heavy atom. The molecule has 4 nitrogen and oxygen atoms in total. The van der Waals surface area contributed by atoms with E-state index in [1.54, 1.807) is 12.1 Å². The molecule has 1 aliphatic rings. The molecule has 1 aromatic carbocycles. The number of hydrogen-bond acceptors (Lipinski definition) is 4. The van der Waals surface area contributed by atoms with Gasteiger partial charge in [-0.15, -0.1) is 11.3 Å². The largest absolute Gasteiger partial charge is 0.486 e. The molecule has 1 saturated carbocycles. The summed E-state index contributed by atoms with van der Waals surface area (Å²) >= 11 is 7.39. The van der Waals surface area contributed by atoms with Crippen molar-refractivity contribution in [3.05, 3.63) is 45.4 Å². The standard InChI is InChI=1S/C20H25ClN2O2S/c1-23(12-15-5-3-2-4-6-15)20(24)11-17-14-26-19(22-17)13-25-18-9-7-16(21)8-10-18/h7-10,14-15H,2-6,11-13H2,1H3. The van der Waals surface area contributed by atoms with E-state index >= 15 is 0 Å². The maximum atomic E-state index is 12.5. The number of hydrogen-bond donors (Lipinski definition) is 0. The first-order chi connectivity index (χ1) is 12.6. The van der Waals surface area contributed by atoms with Gasteiger partial charge in [-0.2, -0.15) is 0 Å². The molecule has 0 N–H and O–H groups in total. The molecule has 2 aromatic rings. The summed E-state index contributed by atoms with van der Waals surface area (Å²) in [4.78, 5) is 18.9. The molecular weight excluding hydrogens is 368 g/mol. The molecule has 0 atom stereocenters. The highest BCUT2D eigenvalue weighted by atomic mass is 35.5. The fraction of sp³-hybridized carbons (Fsp3) is 0.500. The molecule has 0 spiro atoms. The first kappa shape index (κ1) is 19.2. The molecule has 6 heteroatoms. The number of benzene rings is 1. The number of nitrogens with zero attached hydrogens (tertiary/aromatic N) is 2. The molecule has 0 saturated heterocycles. The Kier molecular flexibility index (Phi) is 6.92. The molecule has 1 fully saturated rings. The number of carbonyl (C=O) groups excluding carboxylic acids is 1. The van der Waals surface area contributed by atoms with Crippen LogP contribution in [-0.2, 0) is 17.8 Å². The molecule has 3 rings (SSSR count). The molecule has 1 amide bonds. The summed E-state index contributed by atoms with van der Waals surface area (Å²) < 4.78 is 5.71. The van der Waals surface area contributed by atoms with Crippen LogP contribution in [0.1, 0.15) is 42.8 Å². The number of rotatable bonds is 7. The second-order valence-corrected chi connectivity index (χ2v) is 8.31. The monoisotopic (exact) mass is 392 g/mol. The molecule has 1 heterocycles. The van der Waals surface area contributed by atoms with Crippen LogP contribution in [0, 0.1) is 5.92 Å². The van der Waals surface area contributed by atoms with Crippen LogP contribution in [0.5, 0.6) is 5.75 Å². The first-order valence-corrected chi connectivity index (χ1v) is 10.4. The van der Waals surface area contributed by atoms with Gasteiger partial charge in [0, 0.05) is 24.0 Å². The van der Waals surface area contributed by atoms with Crippen LogP contribution in [0.15, 0.2) is 29.6 Å². The first-order valence-electron chi connectivity index (χ1n) is 9.16. The number of aromatic nitrogens is 1. The van der Waals surface area contributed by atoms with E-state index in [1.165, 1.54) is 43.4 Å². The molecule has 0 unspecified atom stereocenters. The second kappa shape index (κ2) is 9.38. The van der Waals surface area contributed by atoms with Gasteiger partial charge >= 0.3 is 0 Å². The van der Waals surface area contributed by atoms with E-state index in [1.807, 2.05) is 29.5 Å². The van der Waals surface area contributed by atoms with Crippen LogP contribution in [-0.4, -0.2) is 29.4 Å². The zero-order valence-electron chi connectivity index (χ0n) is 15.1. The lowest BCUT2D eigenvalue weighted by Crippen LogP contribution is -2.33. The average Bonchev–Trinajstić information content (AvgIpc) is 3.09. The van der Waals surface area contributed by atoms with Crippen LogP contribution in [0.4, 0.5) is 0 Å². The van der Waals surface area contributed by atoms with E-state index in [9.17, 15) is 4.79 Å². The van der Waals surface area contributed by atoms with Crippen molar-refractivity contribution in [2.24, 2.45) is 5.92 Å². The van der Waals surface area contributed by atoms with Crippen molar-refractivity contribution in [3.63, 3.8) is 0 Å². The molecule has 1 aliphatic carbocycles. The van der Waals surface area contributed by atoms with E-state index in [0.29, 0.717) is 24.0 Å². The molecule has 0 bridgehead atoms. The molecule has 26 heavy (non-hydrogen) atoms. The Hall–Kier alpha value is -1.59. The fourth-order valence-corrected chi connectivity index (χ4v) is 4.15. The van der Waals surface area contributed by atoms with Crippen molar-refractivity contribution < 1.29 is 9.53 Å². The van der Waals surface area contributed by atoms with Crippen molar-refractivity contribution in [2.45, 2.75) is 45.1 Å². The number of carbonyl (C=O) groups is 1. The summed E-state index contributed by atoms with van der Waals surface area (Å²) in [7, 11) is 1.91. The second-order valence-electron chi connectivity index (χ2n) is 6.93. The van der Waals surface area contributed by atoms with Gasteiger partial charge in [0.05, 0.1) is 12.1 Å². The number of halogens is 1. The molecule has 1 aromatic heterocycles. The van der Waals surface area contributed by atoms with Crippen LogP contribution in [0.3, 0.4) is 0 Å². The number of thiazole rings is 1. The van der Waals surface area contributed by atoms with E-state index in [0.717, 1.165) is 23.0 Å². The van der Waals surface area contributed by atoms with E-state index in [-0.39, 0.29) is 5.91 Å². The van der Waals surface area contributed by atoms with Gasteiger partial charge in [0.2, 0.25) is 5.91 Å². The SMILES string of the molecule is CN(CC1CCCCC1)C(=O)Cc1csc(COc2ccc(Cl)cc2)n1. The lowest BCUT2D eigenvalue weighted by atomic mass is 9.89. The maximum Gasteiger partial charge on any atom is 0.228 e. The normalized spacial score (nSPS) is 15.0. The van der Waals surface area contributed by atoms with Crippen LogP contribution < -0.4 is 4.74 Å². The van der Waals surface area contributed by atoms with Gasteiger partial charge in [0.1, 0.15) is 17.4 Å². The Morgan fingerprint density at radius 1 is 1.27 bits per heavy atom. The van der Waals surface area contributed by atoms with Gasteiger partial charge in [-0.25, -0.2) is 4.98 Å². The fourth-order valence-electron chi connectivity index (χ4n) is 3.32. The van der Waals surface area contributed by atoms with E-state index in [2.05, 4.69) is 4.98 Å². The summed E-state index contributed by atoms with van der Waals surface area (Å²) in [5.74, 6) is 1.57. The molecule has 0 aliphatic heterocycles. The minimum absolute atomic E-state index is 0.144. The lowest BCUT2D eigenvalue weighted by Gasteiger charge is -2.27. The Labute approximate surface area is 164 Å². The van der Waals surface area contributed by atoms with E-state index < -0.39 is 0 Å². The third kappa shape index (κ3) is 5.71. The summed E-state index contributed by atoms with van der Waals surface area (Å²) in [6.07, 6.45) is 6.81. The predicted octanol–water partition coefficient (Wildman–Crippen LogP) is 4.96. The highest BCUT2D eigenvalue weighted by molar-refractivity contribution is 7.09. The van der Waals surface area contributed by atoms with Gasteiger partial charge < -0.3 is 9.64 Å². The topological polar surface area (TPSA) is 42.4 Å².